The lowest BCUT2D eigenvalue weighted by molar-refractivity contribution is -0.143. The Kier molecular flexibility index (Phi) is 9.32. The number of hydrogen-bond acceptors (Lipinski definition) is 8. The predicted molar refractivity (Wildman–Crippen MR) is 110 cm³/mol. The Labute approximate surface area is 180 Å². The largest absolute Gasteiger partial charge is 0.467 e. The highest BCUT2D eigenvalue weighted by Crippen LogP contribution is 2.20. The van der Waals surface area contributed by atoms with E-state index < -0.39 is 24.2 Å². The molecule has 1 aromatic rings. The van der Waals surface area contributed by atoms with Crippen molar-refractivity contribution in [3.8, 4) is 6.07 Å². The smallest absolute Gasteiger partial charge is 0.407 e. The first-order valence-electron chi connectivity index (χ1n) is 9.88. The average Bonchev–Trinajstić information content (AvgIpc) is 3.24. The number of hydrogen-bond donors (Lipinski definition) is 3. The molecule has 3 N–H and O–H groups in total. The second kappa shape index (κ2) is 12.2. The summed E-state index contributed by atoms with van der Waals surface area (Å²) in [5.74, 6) is -1.08. The molecule has 0 spiro atoms. The number of methoxy groups -OCH3 is 1. The molecule has 2 atom stereocenters. The number of nitriles is 1. The first-order valence-corrected chi connectivity index (χ1v) is 9.88. The number of carbonyl (C=O) groups is 3. The van der Waals surface area contributed by atoms with Crippen molar-refractivity contribution in [2.45, 2.75) is 38.3 Å². The van der Waals surface area contributed by atoms with Crippen molar-refractivity contribution >= 4 is 23.7 Å². The topological polar surface area (TPSA) is 139 Å². The molecule has 1 aliphatic heterocycles. The van der Waals surface area contributed by atoms with Crippen molar-refractivity contribution < 1.29 is 28.7 Å². The summed E-state index contributed by atoms with van der Waals surface area (Å²) in [5, 5.41) is 13.8. The molecule has 31 heavy (non-hydrogen) atoms. The molecule has 0 fully saturated rings. The molecule has 0 bridgehead atoms. The minimum absolute atomic E-state index is 0.00161. The van der Waals surface area contributed by atoms with Crippen molar-refractivity contribution in [1.29, 1.82) is 5.26 Å². The van der Waals surface area contributed by atoms with E-state index in [0.29, 0.717) is 17.7 Å². The highest BCUT2D eigenvalue weighted by Gasteiger charge is 2.25. The van der Waals surface area contributed by atoms with Crippen molar-refractivity contribution in [2.75, 3.05) is 20.3 Å². The molecule has 1 aliphatic rings. The fourth-order valence-corrected chi connectivity index (χ4v) is 2.67. The van der Waals surface area contributed by atoms with Crippen LogP contribution < -0.4 is 16.1 Å². The molecular weight excluding hydrogens is 404 g/mol. The number of ether oxygens (including phenoxy) is 2. The van der Waals surface area contributed by atoms with Gasteiger partial charge in [-0.2, -0.15) is 5.26 Å². The summed E-state index contributed by atoms with van der Waals surface area (Å²) in [4.78, 5) is 41.3. The second-order valence-corrected chi connectivity index (χ2v) is 6.75. The van der Waals surface area contributed by atoms with Crippen molar-refractivity contribution in [1.82, 2.24) is 16.1 Å². The van der Waals surface area contributed by atoms with Crippen LogP contribution in [-0.2, 0) is 23.9 Å². The van der Waals surface area contributed by atoms with Crippen LogP contribution >= 0.6 is 0 Å². The van der Waals surface area contributed by atoms with Crippen LogP contribution in [0.5, 0.6) is 0 Å². The van der Waals surface area contributed by atoms with Crippen molar-refractivity contribution in [3.05, 3.63) is 41.5 Å². The molecule has 2 amide bonds. The van der Waals surface area contributed by atoms with E-state index in [-0.39, 0.29) is 25.5 Å². The van der Waals surface area contributed by atoms with Gasteiger partial charge in [-0.1, -0.05) is 25.5 Å². The van der Waals surface area contributed by atoms with Crippen LogP contribution in [0, 0.1) is 11.3 Å². The van der Waals surface area contributed by atoms with Crippen LogP contribution in [0.2, 0.25) is 0 Å². The molecule has 10 nitrogen and oxygen atoms in total. The Morgan fingerprint density at radius 3 is 2.68 bits per heavy atom. The van der Waals surface area contributed by atoms with E-state index in [1.54, 1.807) is 30.3 Å². The van der Waals surface area contributed by atoms with Gasteiger partial charge in [0.1, 0.15) is 12.1 Å². The number of unbranched alkanes of at least 4 members (excludes halogenated alkanes) is 1. The summed E-state index contributed by atoms with van der Waals surface area (Å²) < 4.78 is 9.63. The Morgan fingerprint density at radius 1 is 1.29 bits per heavy atom. The van der Waals surface area contributed by atoms with E-state index in [1.165, 1.54) is 7.11 Å². The van der Waals surface area contributed by atoms with E-state index in [4.69, 9.17) is 14.8 Å². The van der Waals surface area contributed by atoms with Crippen LogP contribution in [0.3, 0.4) is 0 Å². The lowest BCUT2D eigenvalue weighted by Gasteiger charge is -2.17. The van der Waals surface area contributed by atoms with Gasteiger partial charge in [0.2, 0.25) is 5.91 Å². The molecule has 0 aliphatic carbocycles. The van der Waals surface area contributed by atoms with Gasteiger partial charge in [-0.25, -0.2) is 9.59 Å². The Morgan fingerprint density at radius 2 is 2.03 bits per heavy atom. The maximum Gasteiger partial charge on any atom is 0.407 e. The summed E-state index contributed by atoms with van der Waals surface area (Å²) >= 11 is 0. The summed E-state index contributed by atoms with van der Waals surface area (Å²) in [7, 11) is 1.19. The van der Waals surface area contributed by atoms with Gasteiger partial charge in [0.05, 0.1) is 37.5 Å². The Bertz CT molecular complexity index is 846. The van der Waals surface area contributed by atoms with Crippen LogP contribution in [-0.4, -0.2) is 50.4 Å². The lowest BCUT2D eigenvalue weighted by Crippen LogP contribution is -2.49. The fraction of sp³-hybridized carbons (Fsp3) is 0.429. The zero-order valence-electron chi connectivity index (χ0n) is 17.5. The van der Waals surface area contributed by atoms with Crippen LogP contribution in [0.4, 0.5) is 4.79 Å². The van der Waals surface area contributed by atoms with Gasteiger partial charge in [-0.3, -0.25) is 15.1 Å². The highest BCUT2D eigenvalue weighted by molar-refractivity contribution is 5.83. The molecule has 166 valence electrons. The molecule has 0 aromatic heterocycles. The van der Waals surface area contributed by atoms with E-state index in [9.17, 15) is 14.4 Å². The van der Waals surface area contributed by atoms with Crippen LogP contribution in [0.1, 0.15) is 37.3 Å². The van der Waals surface area contributed by atoms with Crippen LogP contribution in [0.25, 0.3) is 5.70 Å². The molecule has 2 rings (SSSR count). The lowest BCUT2D eigenvalue weighted by atomic mass is 10.1. The number of carbonyl (C=O) groups excluding carboxylic acids is 3. The molecule has 1 heterocycles. The number of esters is 1. The van der Waals surface area contributed by atoms with Gasteiger partial charge in [0.25, 0.3) is 0 Å². The summed E-state index contributed by atoms with van der Waals surface area (Å²) in [6.45, 7) is 2.05. The molecule has 0 saturated carbocycles. The number of alkyl carbamates (subject to hydrolysis) is 1. The number of nitrogens with zero attached hydrogens (tertiary/aromatic N) is 1. The Hall–Kier alpha value is -3.58. The fourth-order valence-electron chi connectivity index (χ4n) is 2.67. The number of benzene rings is 1. The van der Waals surface area contributed by atoms with Crippen LogP contribution in [0.15, 0.2) is 30.3 Å². The van der Waals surface area contributed by atoms with Gasteiger partial charge < -0.3 is 20.1 Å². The zero-order chi connectivity index (χ0) is 22.6. The van der Waals surface area contributed by atoms with Crippen molar-refractivity contribution in [2.24, 2.45) is 0 Å². The quantitative estimate of drug-likeness (QED) is 0.374. The number of hydroxylamine groups is 1. The van der Waals surface area contributed by atoms with E-state index in [1.807, 2.05) is 13.0 Å². The number of amides is 2. The minimum atomic E-state index is -1.07. The SMILES string of the molecule is CCCCOC(=O)N[C@H](CNC(=O)C[C@@H]1C=C(c2ccc(C#N)cc2)NO1)C(=O)OC. The summed E-state index contributed by atoms with van der Waals surface area (Å²) in [6, 6.07) is 7.89. The average molecular weight is 430 g/mol. The normalized spacial score (nSPS) is 15.6. The third-order valence-corrected chi connectivity index (χ3v) is 4.40. The zero-order valence-corrected chi connectivity index (χ0v) is 17.5. The van der Waals surface area contributed by atoms with Gasteiger partial charge in [0.15, 0.2) is 0 Å². The molecule has 0 saturated heterocycles. The third-order valence-electron chi connectivity index (χ3n) is 4.40. The Balaban J connectivity index is 1.84. The van der Waals surface area contributed by atoms with E-state index in [0.717, 1.165) is 12.0 Å². The molecule has 0 unspecified atom stereocenters. The van der Waals surface area contributed by atoms with Gasteiger partial charge in [0, 0.05) is 6.54 Å². The first kappa shape index (κ1) is 23.7. The molecule has 0 radical (unpaired) electrons. The second-order valence-electron chi connectivity index (χ2n) is 6.75. The molecular formula is C21H26N4O6. The minimum Gasteiger partial charge on any atom is -0.467 e. The maximum absolute atomic E-state index is 12.3. The third kappa shape index (κ3) is 7.64. The highest BCUT2D eigenvalue weighted by atomic mass is 16.7. The predicted octanol–water partition coefficient (Wildman–Crippen LogP) is 1.38. The van der Waals surface area contributed by atoms with Crippen molar-refractivity contribution in [3.63, 3.8) is 0 Å². The molecule has 10 heteroatoms. The number of nitrogens with one attached hydrogen (secondary N) is 3. The molecule has 1 aromatic carbocycles. The number of rotatable bonds is 10. The van der Waals surface area contributed by atoms with Gasteiger partial charge in [-0.05, 0) is 30.2 Å². The summed E-state index contributed by atoms with van der Waals surface area (Å²) in [6.07, 6.45) is 2.05. The van der Waals surface area contributed by atoms with E-state index in [2.05, 4.69) is 20.9 Å². The first-order chi connectivity index (χ1) is 15.0. The van der Waals surface area contributed by atoms with Gasteiger partial charge >= 0.3 is 12.1 Å². The summed E-state index contributed by atoms with van der Waals surface area (Å²) in [5.41, 5.74) is 4.81. The van der Waals surface area contributed by atoms with Gasteiger partial charge in [-0.15, -0.1) is 0 Å². The van der Waals surface area contributed by atoms with E-state index >= 15 is 0 Å². The monoisotopic (exact) mass is 430 g/mol. The maximum atomic E-state index is 12.3. The standard InChI is InChI=1S/C21H26N4O6/c1-3-4-9-30-21(28)24-18(20(27)29-2)13-23-19(26)11-16-10-17(25-31-16)15-7-5-14(12-22)6-8-15/h5-8,10,16,18,25H,3-4,9,11,13H2,1-2H3,(H,23,26)(H,24,28)/t16-,18+/m0/s1.